The highest BCUT2D eigenvalue weighted by molar-refractivity contribution is 6.08. The molecule has 4 nitrogen and oxygen atoms in total. The number of carbonyl (C=O) groups excluding carboxylic acids is 2. The number of likely N-dealkylation sites (tertiary alicyclic amines) is 1. The van der Waals surface area contributed by atoms with Gasteiger partial charge in [-0.3, -0.25) is 9.59 Å². The van der Waals surface area contributed by atoms with Crippen LogP contribution in [0.1, 0.15) is 24.9 Å². The Morgan fingerprint density at radius 3 is 2.74 bits per heavy atom. The smallest absolute Gasteiger partial charge is 0.321 e. The molecule has 0 radical (unpaired) electrons. The maximum absolute atomic E-state index is 12.5. The molecule has 1 heterocycles. The fourth-order valence-corrected chi connectivity index (χ4v) is 3.15. The number of hydrogen-bond acceptors (Lipinski definition) is 3. The van der Waals surface area contributed by atoms with Crippen LogP contribution >= 0.6 is 0 Å². The molecule has 0 unspecified atom stereocenters. The third kappa shape index (κ3) is 1.59. The zero-order valence-electron chi connectivity index (χ0n) is 11.1. The van der Waals surface area contributed by atoms with E-state index < -0.39 is 5.41 Å². The minimum Gasteiger partial charge on any atom is -0.468 e. The molecule has 4 heteroatoms. The van der Waals surface area contributed by atoms with E-state index in [1.807, 2.05) is 37.3 Å². The number of rotatable bonds is 3. The first-order valence-corrected chi connectivity index (χ1v) is 6.55. The standard InChI is InChI=1S/C15H17NO3/c1-10(11-6-4-3-5-7-11)16-9-12-8-15(12,13(16)17)14(18)19-2/h3-7,10,12H,8-9H2,1-2H3/t10-,12-,15+/m0/s1. The predicted molar refractivity (Wildman–Crippen MR) is 69.1 cm³/mol. The summed E-state index contributed by atoms with van der Waals surface area (Å²) < 4.78 is 4.80. The number of benzene rings is 1. The average Bonchev–Trinajstić information content (AvgIpc) is 3.12. The van der Waals surface area contributed by atoms with Gasteiger partial charge >= 0.3 is 5.97 Å². The van der Waals surface area contributed by atoms with Crippen molar-refractivity contribution in [1.29, 1.82) is 0 Å². The molecule has 2 aliphatic rings. The summed E-state index contributed by atoms with van der Waals surface area (Å²) >= 11 is 0. The zero-order chi connectivity index (χ0) is 13.6. The highest BCUT2D eigenvalue weighted by Gasteiger charge is 2.72. The number of ether oxygens (including phenoxy) is 1. The lowest BCUT2D eigenvalue weighted by atomic mass is 10.0. The molecule has 3 rings (SSSR count). The first kappa shape index (κ1) is 12.2. The quantitative estimate of drug-likeness (QED) is 0.614. The van der Waals surface area contributed by atoms with Crippen LogP contribution in [0.15, 0.2) is 30.3 Å². The van der Waals surface area contributed by atoms with Gasteiger partial charge in [-0.1, -0.05) is 30.3 Å². The van der Waals surface area contributed by atoms with Crippen LogP contribution in [0, 0.1) is 11.3 Å². The minimum absolute atomic E-state index is 0.00281. The second-order valence-electron chi connectivity index (χ2n) is 5.41. The number of hydrogen-bond donors (Lipinski definition) is 0. The third-order valence-electron chi connectivity index (χ3n) is 4.46. The normalized spacial score (nSPS) is 29.9. The van der Waals surface area contributed by atoms with Crippen molar-refractivity contribution in [2.24, 2.45) is 11.3 Å². The van der Waals surface area contributed by atoms with Gasteiger partial charge in [0.2, 0.25) is 5.91 Å². The summed E-state index contributed by atoms with van der Waals surface area (Å²) in [5, 5.41) is 0. The highest BCUT2D eigenvalue weighted by Crippen LogP contribution is 2.60. The van der Waals surface area contributed by atoms with Gasteiger partial charge in [-0.05, 0) is 18.9 Å². The summed E-state index contributed by atoms with van der Waals surface area (Å²) in [5.74, 6) is -0.301. The number of carbonyl (C=O) groups is 2. The molecule has 2 fully saturated rings. The molecule has 19 heavy (non-hydrogen) atoms. The molecule has 0 bridgehead atoms. The minimum atomic E-state index is -0.863. The van der Waals surface area contributed by atoms with Crippen molar-refractivity contribution in [2.75, 3.05) is 13.7 Å². The first-order chi connectivity index (χ1) is 9.11. The molecule has 1 aromatic rings. The maximum atomic E-state index is 12.5. The van der Waals surface area contributed by atoms with E-state index in [1.165, 1.54) is 7.11 Å². The molecule has 100 valence electrons. The fourth-order valence-electron chi connectivity index (χ4n) is 3.15. The van der Waals surface area contributed by atoms with Crippen molar-refractivity contribution in [3.63, 3.8) is 0 Å². The van der Waals surface area contributed by atoms with E-state index in [2.05, 4.69) is 0 Å². The van der Waals surface area contributed by atoms with Crippen molar-refractivity contribution < 1.29 is 14.3 Å². The van der Waals surface area contributed by atoms with Gasteiger partial charge in [0, 0.05) is 12.5 Å². The predicted octanol–water partition coefficient (Wildman–Crippen LogP) is 1.77. The Kier molecular flexibility index (Phi) is 2.62. The monoisotopic (exact) mass is 259 g/mol. The van der Waals surface area contributed by atoms with E-state index in [0.29, 0.717) is 13.0 Å². The SMILES string of the molecule is COC(=O)[C@]12C[C@H]1CN([C@@H](C)c1ccccc1)C2=O. The lowest BCUT2D eigenvalue weighted by Gasteiger charge is -2.27. The number of amides is 1. The molecule has 1 amide bonds. The van der Waals surface area contributed by atoms with Crippen LogP contribution in [0.5, 0.6) is 0 Å². The highest BCUT2D eigenvalue weighted by atomic mass is 16.5. The Morgan fingerprint density at radius 2 is 2.11 bits per heavy atom. The van der Waals surface area contributed by atoms with Crippen molar-refractivity contribution in [3.8, 4) is 0 Å². The van der Waals surface area contributed by atoms with Crippen molar-refractivity contribution in [2.45, 2.75) is 19.4 Å². The first-order valence-electron chi connectivity index (χ1n) is 6.55. The molecule has 1 aromatic carbocycles. The van der Waals surface area contributed by atoms with Crippen LogP contribution in [0.3, 0.4) is 0 Å². The number of esters is 1. The molecule has 1 saturated carbocycles. The van der Waals surface area contributed by atoms with Crippen LogP contribution in [-0.4, -0.2) is 30.4 Å². The molecule has 1 aliphatic heterocycles. The topological polar surface area (TPSA) is 46.6 Å². The van der Waals surface area contributed by atoms with E-state index in [4.69, 9.17) is 4.74 Å². The van der Waals surface area contributed by atoms with Gasteiger partial charge < -0.3 is 9.64 Å². The molecule has 0 N–H and O–H groups in total. The lowest BCUT2D eigenvalue weighted by molar-refractivity contribution is -0.154. The lowest BCUT2D eigenvalue weighted by Crippen LogP contribution is -2.37. The number of methoxy groups -OCH3 is 1. The summed E-state index contributed by atoms with van der Waals surface area (Å²) in [5.41, 5.74) is 0.231. The summed E-state index contributed by atoms with van der Waals surface area (Å²) in [6, 6.07) is 9.89. The van der Waals surface area contributed by atoms with Crippen molar-refractivity contribution in [3.05, 3.63) is 35.9 Å². The summed E-state index contributed by atoms with van der Waals surface area (Å²) in [6.07, 6.45) is 0.649. The molecule has 1 aliphatic carbocycles. The molecule has 0 spiro atoms. The van der Waals surface area contributed by atoms with Gasteiger partial charge in [0.1, 0.15) is 0 Å². The van der Waals surface area contributed by atoms with Crippen LogP contribution in [0.2, 0.25) is 0 Å². The second kappa shape index (κ2) is 4.08. The second-order valence-corrected chi connectivity index (χ2v) is 5.41. The fraction of sp³-hybridized carbons (Fsp3) is 0.467. The van der Waals surface area contributed by atoms with Crippen LogP contribution < -0.4 is 0 Å². The average molecular weight is 259 g/mol. The molecular formula is C15H17NO3. The molecule has 0 aromatic heterocycles. The summed E-state index contributed by atoms with van der Waals surface area (Å²) in [7, 11) is 1.35. The largest absolute Gasteiger partial charge is 0.468 e. The van der Waals surface area contributed by atoms with Gasteiger partial charge in [0.15, 0.2) is 5.41 Å². The van der Waals surface area contributed by atoms with E-state index in [1.54, 1.807) is 4.90 Å². The number of piperidine rings is 1. The Hall–Kier alpha value is -1.84. The van der Waals surface area contributed by atoms with Gasteiger partial charge in [-0.2, -0.15) is 0 Å². The van der Waals surface area contributed by atoms with Crippen molar-refractivity contribution >= 4 is 11.9 Å². The van der Waals surface area contributed by atoms with Gasteiger partial charge in [0.05, 0.1) is 13.2 Å². The van der Waals surface area contributed by atoms with E-state index >= 15 is 0 Å². The van der Waals surface area contributed by atoms with Gasteiger partial charge in [-0.25, -0.2) is 0 Å². The molecular weight excluding hydrogens is 242 g/mol. The summed E-state index contributed by atoms with van der Waals surface area (Å²) in [6.45, 7) is 2.66. The van der Waals surface area contributed by atoms with Gasteiger partial charge in [0.25, 0.3) is 0 Å². The molecule has 1 saturated heterocycles. The molecule has 3 atom stereocenters. The Morgan fingerprint density at radius 1 is 1.42 bits per heavy atom. The third-order valence-corrected chi connectivity index (χ3v) is 4.46. The van der Waals surface area contributed by atoms with Gasteiger partial charge in [-0.15, -0.1) is 0 Å². The maximum Gasteiger partial charge on any atom is 0.321 e. The van der Waals surface area contributed by atoms with E-state index in [0.717, 1.165) is 5.56 Å². The Balaban J connectivity index is 1.83. The Labute approximate surface area is 112 Å². The van der Waals surface area contributed by atoms with Crippen molar-refractivity contribution in [1.82, 2.24) is 4.90 Å². The zero-order valence-corrected chi connectivity index (χ0v) is 11.1. The van der Waals surface area contributed by atoms with E-state index in [9.17, 15) is 9.59 Å². The summed E-state index contributed by atoms with van der Waals surface area (Å²) in [4.78, 5) is 26.1. The number of nitrogens with zero attached hydrogens (tertiary/aromatic N) is 1. The van der Waals surface area contributed by atoms with Crippen LogP contribution in [0.4, 0.5) is 0 Å². The van der Waals surface area contributed by atoms with Crippen LogP contribution in [0.25, 0.3) is 0 Å². The van der Waals surface area contributed by atoms with E-state index in [-0.39, 0.29) is 23.8 Å². The number of fused-ring (bicyclic) bond motifs is 1. The Bertz CT molecular complexity index is 527. The van der Waals surface area contributed by atoms with Crippen LogP contribution in [-0.2, 0) is 14.3 Å².